The molecule has 0 aliphatic carbocycles. The average Bonchev–Trinajstić information content (AvgIpc) is 2.77. The molecule has 2 N–H and O–H groups in total. The minimum absolute atomic E-state index is 0.258. The molecule has 0 bridgehead atoms. The van der Waals surface area contributed by atoms with Gasteiger partial charge in [0.1, 0.15) is 11.6 Å². The van der Waals surface area contributed by atoms with Crippen molar-refractivity contribution < 1.29 is 28.9 Å². The molecule has 1 aliphatic heterocycles. The minimum Gasteiger partial charge on any atom is -0.480 e. The predicted molar refractivity (Wildman–Crippen MR) is 70.3 cm³/mol. The van der Waals surface area contributed by atoms with Gasteiger partial charge in [-0.1, -0.05) is 0 Å². The van der Waals surface area contributed by atoms with Crippen molar-refractivity contribution in [2.24, 2.45) is 0 Å². The molecule has 0 spiro atoms. The van der Waals surface area contributed by atoms with Gasteiger partial charge in [0.05, 0.1) is 13.2 Å². The van der Waals surface area contributed by atoms with Crippen LogP contribution < -0.4 is 5.32 Å². The Balaban J connectivity index is 2.32. The second-order valence-corrected chi connectivity index (χ2v) is 5.64. The summed E-state index contributed by atoms with van der Waals surface area (Å²) in [6, 6.07) is -0.966. The molecular formula is C13H23NO6. The third-order valence-electron chi connectivity index (χ3n) is 2.61. The first kappa shape index (κ1) is 16.7. The fraction of sp³-hybridized carbons (Fsp3) is 0.846. The van der Waals surface area contributed by atoms with E-state index in [9.17, 15) is 9.59 Å². The maximum absolute atomic E-state index is 11.5. The van der Waals surface area contributed by atoms with E-state index >= 15 is 0 Å². The van der Waals surface area contributed by atoms with Gasteiger partial charge in [0.25, 0.3) is 0 Å². The lowest BCUT2D eigenvalue weighted by Gasteiger charge is -2.22. The largest absolute Gasteiger partial charge is 0.480 e. The van der Waals surface area contributed by atoms with E-state index in [0.717, 1.165) is 0 Å². The molecular weight excluding hydrogens is 266 g/mol. The number of alkyl carbamates (subject to hydrolysis) is 1. The minimum atomic E-state index is -1.08. The predicted octanol–water partition coefficient (Wildman–Crippen LogP) is 1.51. The van der Waals surface area contributed by atoms with Gasteiger partial charge in [0.15, 0.2) is 6.29 Å². The molecule has 1 rings (SSSR count). The zero-order valence-electron chi connectivity index (χ0n) is 12.2. The van der Waals surface area contributed by atoms with Gasteiger partial charge in [-0.2, -0.15) is 0 Å². The lowest BCUT2D eigenvalue weighted by molar-refractivity contribution is -0.139. The zero-order valence-corrected chi connectivity index (χ0v) is 12.2. The van der Waals surface area contributed by atoms with Crippen LogP contribution in [-0.2, 0) is 19.0 Å². The molecule has 0 saturated carbocycles. The summed E-state index contributed by atoms with van der Waals surface area (Å²) in [7, 11) is 0. The summed E-state index contributed by atoms with van der Waals surface area (Å²) in [6.45, 7) is 6.30. The molecule has 1 aliphatic rings. The van der Waals surface area contributed by atoms with Crippen LogP contribution in [0.3, 0.4) is 0 Å². The van der Waals surface area contributed by atoms with Gasteiger partial charge in [-0.05, 0) is 40.0 Å². The third kappa shape index (κ3) is 6.72. The van der Waals surface area contributed by atoms with E-state index < -0.39 is 23.7 Å². The van der Waals surface area contributed by atoms with Crippen LogP contribution in [0.4, 0.5) is 4.79 Å². The van der Waals surface area contributed by atoms with Crippen LogP contribution >= 0.6 is 0 Å². The number of amides is 1. The summed E-state index contributed by atoms with van der Waals surface area (Å²) in [6.07, 6.45) is 0.513. The van der Waals surface area contributed by atoms with E-state index in [1.54, 1.807) is 20.8 Å². The van der Waals surface area contributed by atoms with Crippen LogP contribution in [0.25, 0.3) is 0 Å². The highest BCUT2D eigenvalue weighted by atomic mass is 16.7. The third-order valence-corrected chi connectivity index (χ3v) is 2.61. The van der Waals surface area contributed by atoms with E-state index in [4.69, 9.17) is 19.3 Å². The molecule has 0 aromatic carbocycles. The molecule has 116 valence electrons. The van der Waals surface area contributed by atoms with Crippen molar-refractivity contribution in [3.8, 4) is 0 Å². The van der Waals surface area contributed by atoms with Gasteiger partial charge in [0.2, 0.25) is 0 Å². The second-order valence-electron chi connectivity index (χ2n) is 5.64. The normalized spacial score (nSPS) is 17.8. The molecule has 0 aromatic rings. The van der Waals surface area contributed by atoms with E-state index in [0.29, 0.717) is 32.5 Å². The molecule has 1 saturated heterocycles. The van der Waals surface area contributed by atoms with Crippen molar-refractivity contribution in [1.29, 1.82) is 0 Å². The number of rotatable bonds is 6. The van der Waals surface area contributed by atoms with Crippen molar-refractivity contribution in [3.63, 3.8) is 0 Å². The highest BCUT2D eigenvalue weighted by Gasteiger charge is 2.24. The van der Waals surface area contributed by atoms with Gasteiger partial charge >= 0.3 is 12.1 Å². The lowest BCUT2D eigenvalue weighted by atomic mass is 10.1. The summed E-state index contributed by atoms with van der Waals surface area (Å²) in [5.41, 5.74) is -0.654. The topological polar surface area (TPSA) is 94.1 Å². The smallest absolute Gasteiger partial charge is 0.408 e. The number of carbonyl (C=O) groups is 2. The van der Waals surface area contributed by atoms with Crippen molar-refractivity contribution in [2.75, 3.05) is 13.2 Å². The molecule has 1 atom stereocenters. The Kier molecular flexibility index (Phi) is 6.22. The van der Waals surface area contributed by atoms with Gasteiger partial charge in [-0.15, -0.1) is 0 Å². The Bertz CT molecular complexity index is 332. The van der Waals surface area contributed by atoms with Crippen LogP contribution in [0.2, 0.25) is 0 Å². The van der Waals surface area contributed by atoms with Crippen LogP contribution in [-0.4, -0.2) is 48.3 Å². The number of ether oxygens (including phenoxy) is 3. The number of hydrogen-bond donors (Lipinski definition) is 2. The number of carboxylic acids is 1. The first-order valence-corrected chi connectivity index (χ1v) is 6.73. The second kappa shape index (κ2) is 7.44. The molecule has 7 heteroatoms. The fourth-order valence-corrected chi connectivity index (χ4v) is 1.77. The summed E-state index contributed by atoms with van der Waals surface area (Å²) in [5, 5.41) is 11.4. The first-order chi connectivity index (χ1) is 9.28. The molecule has 1 heterocycles. The Morgan fingerprint density at radius 3 is 2.45 bits per heavy atom. The first-order valence-electron chi connectivity index (χ1n) is 6.73. The van der Waals surface area contributed by atoms with Crippen LogP contribution in [0.1, 0.15) is 40.0 Å². The van der Waals surface area contributed by atoms with Crippen molar-refractivity contribution >= 4 is 12.1 Å². The molecule has 7 nitrogen and oxygen atoms in total. The van der Waals surface area contributed by atoms with Gasteiger partial charge in [-0.3, -0.25) is 0 Å². The summed E-state index contributed by atoms with van der Waals surface area (Å²) < 4.78 is 15.6. The quantitative estimate of drug-likeness (QED) is 0.769. The van der Waals surface area contributed by atoms with E-state index in [1.165, 1.54) is 0 Å². The van der Waals surface area contributed by atoms with E-state index in [1.807, 2.05) is 0 Å². The molecule has 20 heavy (non-hydrogen) atoms. The molecule has 1 amide bonds. The van der Waals surface area contributed by atoms with E-state index in [2.05, 4.69) is 5.32 Å². The Hall–Kier alpha value is -1.34. The fourth-order valence-electron chi connectivity index (χ4n) is 1.77. The highest BCUT2D eigenvalue weighted by molar-refractivity contribution is 5.79. The Morgan fingerprint density at radius 2 is 1.95 bits per heavy atom. The Morgan fingerprint density at radius 1 is 1.35 bits per heavy atom. The molecule has 1 fully saturated rings. The number of hydrogen-bond acceptors (Lipinski definition) is 5. The number of aliphatic carboxylic acids is 1. The molecule has 0 aromatic heterocycles. The van der Waals surface area contributed by atoms with Crippen molar-refractivity contribution in [1.82, 2.24) is 5.32 Å². The molecule has 0 radical (unpaired) electrons. The highest BCUT2D eigenvalue weighted by Crippen LogP contribution is 2.13. The SMILES string of the molecule is CC(C)(C)OC(=O)NC(CCCC1OCCO1)C(=O)O. The summed E-state index contributed by atoms with van der Waals surface area (Å²) in [5.74, 6) is -1.08. The van der Waals surface area contributed by atoms with Gasteiger partial charge < -0.3 is 24.6 Å². The number of nitrogens with one attached hydrogen (secondary N) is 1. The zero-order chi connectivity index (χ0) is 15.2. The maximum atomic E-state index is 11.5. The number of carboxylic acid groups (broad SMARTS) is 1. The van der Waals surface area contributed by atoms with Crippen LogP contribution in [0.5, 0.6) is 0 Å². The maximum Gasteiger partial charge on any atom is 0.408 e. The van der Waals surface area contributed by atoms with E-state index in [-0.39, 0.29) is 6.29 Å². The molecule has 1 unspecified atom stereocenters. The monoisotopic (exact) mass is 289 g/mol. The lowest BCUT2D eigenvalue weighted by Crippen LogP contribution is -2.43. The van der Waals surface area contributed by atoms with Crippen LogP contribution in [0, 0.1) is 0 Å². The Labute approximate surface area is 118 Å². The van der Waals surface area contributed by atoms with Crippen LogP contribution in [0.15, 0.2) is 0 Å². The van der Waals surface area contributed by atoms with Gasteiger partial charge in [0, 0.05) is 0 Å². The standard InChI is InChI=1S/C13H23NO6/c1-13(2,3)20-12(17)14-9(11(15)16)5-4-6-10-18-7-8-19-10/h9-10H,4-8H2,1-3H3,(H,14,17)(H,15,16). The van der Waals surface area contributed by atoms with Gasteiger partial charge in [-0.25, -0.2) is 9.59 Å². The van der Waals surface area contributed by atoms with Crippen molar-refractivity contribution in [3.05, 3.63) is 0 Å². The average molecular weight is 289 g/mol. The van der Waals surface area contributed by atoms with Crippen molar-refractivity contribution in [2.45, 2.75) is 58.0 Å². The summed E-state index contributed by atoms with van der Waals surface area (Å²) in [4.78, 5) is 22.6. The number of carbonyl (C=O) groups excluding carboxylic acids is 1. The summed E-state index contributed by atoms with van der Waals surface area (Å²) >= 11 is 0.